The minimum atomic E-state index is -3.24. The van der Waals surface area contributed by atoms with Gasteiger partial charge in [0.05, 0.1) is 11.7 Å². The van der Waals surface area contributed by atoms with Crippen molar-refractivity contribution < 1.29 is 13.2 Å². The predicted molar refractivity (Wildman–Crippen MR) is 84.1 cm³/mol. The van der Waals surface area contributed by atoms with Gasteiger partial charge < -0.3 is 5.32 Å². The molecule has 1 aliphatic rings. The molecule has 1 aliphatic heterocycles. The van der Waals surface area contributed by atoms with E-state index in [-0.39, 0.29) is 24.1 Å². The molecule has 10 heteroatoms. The number of carbonyl (C=O) groups is 1. The quantitative estimate of drug-likeness (QED) is 0.635. The lowest BCUT2D eigenvalue weighted by Crippen LogP contribution is -2.44. The Morgan fingerprint density at radius 1 is 1.52 bits per heavy atom. The fourth-order valence-corrected chi connectivity index (χ4v) is 4.49. The van der Waals surface area contributed by atoms with E-state index in [1.54, 1.807) is 6.92 Å². The standard InChI is InChI=1S/C11H18N4O3S3/c1-3-21(17,18)15-6-4-5-8(7-15)9(16)12-10-13-14-11(19-2)20-10/h8H,3-7H2,1-2H3,(H,12,13,16)/t8-/m0/s1. The van der Waals surface area contributed by atoms with Crippen molar-refractivity contribution in [3.05, 3.63) is 0 Å². The summed E-state index contributed by atoms with van der Waals surface area (Å²) in [7, 11) is -3.24. The Morgan fingerprint density at radius 2 is 2.29 bits per heavy atom. The lowest BCUT2D eigenvalue weighted by molar-refractivity contribution is -0.120. The number of hydrogen-bond acceptors (Lipinski definition) is 7. The number of thioether (sulfide) groups is 1. The molecule has 0 bridgehead atoms. The molecular formula is C11H18N4O3S3. The van der Waals surface area contributed by atoms with E-state index in [2.05, 4.69) is 15.5 Å². The van der Waals surface area contributed by atoms with Crippen LogP contribution in [0.25, 0.3) is 0 Å². The second kappa shape index (κ2) is 7.03. The molecule has 1 atom stereocenters. The molecule has 0 radical (unpaired) electrons. The number of nitrogens with one attached hydrogen (secondary N) is 1. The van der Waals surface area contributed by atoms with Gasteiger partial charge in [0.15, 0.2) is 4.34 Å². The van der Waals surface area contributed by atoms with Crippen molar-refractivity contribution in [3.63, 3.8) is 0 Å². The predicted octanol–water partition coefficient (Wildman–Crippen LogP) is 1.26. The molecular weight excluding hydrogens is 332 g/mol. The molecule has 0 aromatic carbocycles. The zero-order chi connectivity index (χ0) is 15.5. The minimum Gasteiger partial charge on any atom is -0.300 e. The molecule has 0 aliphatic carbocycles. The van der Waals surface area contributed by atoms with Crippen LogP contribution in [0.4, 0.5) is 5.13 Å². The van der Waals surface area contributed by atoms with Crippen LogP contribution in [0.5, 0.6) is 0 Å². The van der Waals surface area contributed by atoms with Gasteiger partial charge in [-0.15, -0.1) is 10.2 Å². The van der Waals surface area contributed by atoms with Crippen molar-refractivity contribution >= 4 is 44.2 Å². The number of rotatable bonds is 5. The third kappa shape index (κ3) is 4.15. The normalized spacial score (nSPS) is 20.4. The first-order chi connectivity index (χ1) is 9.96. The molecule has 0 saturated carbocycles. The molecule has 1 fully saturated rings. The first kappa shape index (κ1) is 16.7. The number of hydrogen-bond donors (Lipinski definition) is 1. The number of sulfonamides is 1. The SMILES string of the molecule is CCS(=O)(=O)N1CCC[C@H](C(=O)Nc2nnc(SC)s2)C1. The van der Waals surface area contributed by atoms with Crippen LogP contribution >= 0.6 is 23.1 Å². The van der Waals surface area contributed by atoms with Gasteiger partial charge >= 0.3 is 0 Å². The Morgan fingerprint density at radius 3 is 2.90 bits per heavy atom. The average Bonchev–Trinajstić information content (AvgIpc) is 2.95. The summed E-state index contributed by atoms with van der Waals surface area (Å²) in [6.07, 6.45) is 3.28. The summed E-state index contributed by atoms with van der Waals surface area (Å²) in [5, 5.41) is 11.0. The van der Waals surface area contributed by atoms with E-state index < -0.39 is 10.0 Å². The Hall–Kier alpha value is -0.710. The van der Waals surface area contributed by atoms with Crippen molar-refractivity contribution in [2.45, 2.75) is 24.1 Å². The number of carbonyl (C=O) groups excluding carboxylic acids is 1. The summed E-state index contributed by atoms with van der Waals surface area (Å²) in [5.41, 5.74) is 0. The molecule has 2 heterocycles. The molecule has 1 aromatic rings. The molecule has 1 N–H and O–H groups in total. The van der Waals surface area contributed by atoms with Gasteiger partial charge in [0.2, 0.25) is 21.1 Å². The summed E-state index contributed by atoms with van der Waals surface area (Å²) >= 11 is 2.78. The van der Waals surface area contributed by atoms with Crippen LogP contribution in [0.3, 0.4) is 0 Å². The van der Waals surface area contributed by atoms with Crippen LogP contribution in [0.1, 0.15) is 19.8 Å². The van der Waals surface area contributed by atoms with E-state index in [1.807, 2.05) is 6.26 Å². The van der Waals surface area contributed by atoms with Crippen LogP contribution < -0.4 is 5.32 Å². The first-order valence-corrected chi connectivity index (χ1v) is 10.3. The highest BCUT2D eigenvalue weighted by Crippen LogP contribution is 2.25. The van der Waals surface area contributed by atoms with Crippen LogP contribution in [0.2, 0.25) is 0 Å². The van der Waals surface area contributed by atoms with E-state index in [4.69, 9.17) is 0 Å². The zero-order valence-electron chi connectivity index (χ0n) is 11.9. The molecule has 1 aromatic heterocycles. The third-order valence-electron chi connectivity index (χ3n) is 3.32. The maximum Gasteiger partial charge on any atom is 0.230 e. The smallest absolute Gasteiger partial charge is 0.230 e. The van der Waals surface area contributed by atoms with Gasteiger partial charge in [0.1, 0.15) is 0 Å². The third-order valence-corrected chi connectivity index (χ3v) is 6.99. The monoisotopic (exact) mass is 350 g/mol. The van der Waals surface area contributed by atoms with Crippen molar-refractivity contribution in [1.29, 1.82) is 0 Å². The first-order valence-electron chi connectivity index (χ1n) is 6.62. The number of aromatic nitrogens is 2. The lowest BCUT2D eigenvalue weighted by atomic mass is 9.99. The summed E-state index contributed by atoms with van der Waals surface area (Å²) in [4.78, 5) is 12.2. The summed E-state index contributed by atoms with van der Waals surface area (Å²) < 4.78 is 26.0. The molecule has 7 nitrogen and oxygen atoms in total. The topological polar surface area (TPSA) is 92.3 Å². The van der Waals surface area contributed by atoms with Gasteiger partial charge in [0.25, 0.3) is 0 Å². The molecule has 2 rings (SSSR count). The van der Waals surface area contributed by atoms with Gasteiger partial charge in [-0.05, 0) is 26.0 Å². The van der Waals surface area contributed by atoms with E-state index in [9.17, 15) is 13.2 Å². The fourth-order valence-electron chi connectivity index (χ4n) is 2.14. The fraction of sp³-hybridized carbons (Fsp3) is 0.727. The number of amides is 1. The zero-order valence-corrected chi connectivity index (χ0v) is 14.4. The largest absolute Gasteiger partial charge is 0.300 e. The van der Waals surface area contributed by atoms with Crippen LogP contribution in [0.15, 0.2) is 4.34 Å². The van der Waals surface area contributed by atoms with Gasteiger partial charge in [-0.2, -0.15) is 0 Å². The summed E-state index contributed by atoms with van der Waals surface area (Å²) in [5.74, 6) is -0.453. The van der Waals surface area contributed by atoms with Crippen LogP contribution in [-0.2, 0) is 14.8 Å². The number of nitrogens with zero attached hydrogens (tertiary/aromatic N) is 3. The number of piperidine rings is 1. The van der Waals surface area contributed by atoms with Crippen molar-refractivity contribution in [2.24, 2.45) is 5.92 Å². The Bertz CT molecular complexity index is 602. The van der Waals surface area contributed by atoms with Crippen LogP contribution in [-0.4, -0.2) is 53.9 Å². The van der Waals surface area contributed by atoms with Crippen LogP contribution in [0, 0.1) is 5.92 Å². The second-order valence-electron chi connectivity index (χ2n) is 4.66. The molecule has 0 spiro atoms. The van der Waals surface area contributed by atoms with E-state index in [1.165, 1.54) is 27.4 Å². The number of anilines is 1. The Kier molecular flexibility index (Phi) is 5.58. The van der Waals surface area contributed by atoms with Crippen molar-refractivity contribution in [3.8, 4) is 0 Å². The Labute approximate surface area is 132 Å². The summed E-state index contributed by atoms with van der Waals surface area (Å²) in [6.45, 7) is 2.36. The average molecular weight is 350 g/mol. The maximum atomic E-state index is 12.2. The van der Waals surface area contributed by atoms with Crippen molar-refractivity contribution in [2.75, 3.05) is 30.4 Å². The van der Waals surface area contributed by atoms with Gasteiger partial charge in [-0.3, -0.25) is 4.79 Å². The lowest BCUT2D eigenvalue weighted by Gasteiger charge is -2.30. The van der Waals surface area contributed by atoms with Gasteiger partial charge in [0, 0.05) is 13.1 Å². The molecule has 21 heavy (non-hydrogen) atoms. The van der Waals surface area contributed by atoms with E-state index in [0.717, 1.165) is 4.34 Å². The molecule has 118 valence electrons. The highest BCUT2D eigenvalue weighted by atomic mass is 32.2. The molecule has 1 amide bonds. The Balaban J connectivity index is 1.99. The minimum absolute atomic E-state index is 0.0643. The maximum absolute atomic E-state index is 12.2. The molecule has 0 unspecified atom stereocenters. The van der Waals surface area contributed by atoms with Crippen molar-refractivity contribution in [1.82, 2.24) is 14.5 Å². The molecule has 1 saturated heterocycles. The second-order valence-corrected chi connectivity index (χ2v) is 8.95. The van der Waals surface area contributed by atoms with E-state index >= 15 is 0 Å². The van der Waals surface area contributed by atoms with Gasteiger partial charge in [-0.1, -0.05) is 23.1 Å². The van der Waals surface area contributed by atoms with Gasteiger partial charge in [-0.25, -0.2) is 12.7 Å². The highest BCUT2D eigenvalue weighted by molar-refractivity contribution is 8.00. The summed E-state index contributed by atoms with van der Waals surface area (Å²) in [6, 6.07) is 0. The van der Waals surface area contributed by atoms with E-state index in [0.29, 0.717) is 24.5 Å². The highest BCUT2D eigenvalue weighted by Gasteiger charge is 2.31.